The maximum atomic E-state index is 13.3. The van der Waals surface area contributed by atoms with E-state index in [1.165, 1.54) is 19.2 Å². The number of aromatic nitrogens is 1. The SMILES string of the molecule is COc1ccc(S(=O)(=O)N(CC(=O)NCc2ccccn2)c2ccc(C)cc2)cc1. The number of nitrogens with one attached hydrogen (secondary N) is 1. The molecule has 30 heavy (non-hydrogen) atoms. The van der Waals surface area contributed by atoms with Gasteiger partial charge in [0.1, 0.15) is 12.3 Å². The maximum Gasteiger partial charge on any atom is 0.264 e. The molecule has 1 heterocycles. The number of rotatable bonds is 8. The Bertz CT molecular complexity index is 1080. The predicted octanol–water partition coefficient (Wildman–Crippen LogP) is 2.91. The highest BCUT2D eigenvalue weighted by atomic mass is 32.2. The summed E-state index contributed by atoms with van der Waals surface area (Å²) in [6.07, 6.45) is 1.63. The molecule has 0 saturated heterocycles. The van der Waals surface area contributed by atoms with Crippen LogP contribution in [0.15, 0.2) is 77.8 Å². The highest BCUT2D eigenvalue weighted by molar-refractivity contribution is 7.92. The van der Waals surface area contributed by atoms with Crippen LogP contribution in [0, 0.1) is 6.92 Å². The molecule has 0 radical (unpaired) electrons. The lowest BCUT2D eigenvalue weighted by Crippen LogP contribution is -2.40. The van der Waals surface area contributed by atoms with E-state index in [0.29, 0.717) is 17.1 Å². The first kappa shape index (κ1) is 21.3. The van der Waals surface area contributed by atoms with Crippen LogP contribution in [0.2, 0.25) is 0 Å². The number of benzene rings is 2. The Balaban J connectivity index is 1.86. The second-order valence-electron chi connectivity index (χ2n) is 6.62. The molecular weight excluding hydrogens is 402 g/mol. The van der Waals surface area contributed by atoms with Gasteiger partial charge in [-0.1, -0.05) is 23.8 Å². The first-order valence-corrected chi connectivity index (χ1v) is 10.7. The lowest BCUT2D eigenvalue weighted by Gasteiger charge is -2.24. The van der Waals surface area contributed by atoms with Gasteiger partial charge in [0.15, 0.2) is 0 Å². The van der Waals surface area contributed by atoms with E-state index in [1.54, 1.807) is 54.7 Å². The van der Waals surface area contributed by atoms with E-state index in [0.717, 1.165) is 9.87 Å². The van der Waals surface area contributed by atoms with Gasteiger partial charge in [-0.3, -0.25) is 14.1 Å². The summed E-state index contributed by atoms with van der Waals surface area (Å²) in [6.45, 7) is 1.76. The Kier molecular flexibility index (Phi) is 6.68. The van der Waals surface area contributed by atoms with Gasteiger partial charge < -0.3 is 10.1 Å². The van der Waals surface area contributed by atoms with Crippen molar-refractivity contribution in [3.8, 4) is 5.75 Å². The number of aryl methyl sites for hydroxylation is 1. The van der Waals surface area contributed by atoms with Gasteiger partial charge in [-0.2, -0.15) is 0 Å². The molecule has 8 heteroatoms. The summed E-state index contributed by atoms with van der Waals surface area (Å²) in [5.74, 6) is 0.113. The van der Waals surface area contributed by atoms with Crippen molar-refractivity contribution in [3.05, 3.63) is 84.2 Å². The summed E-state index contributed by atoms with van der Waals surface area (Å²) in [5, 5.41) is 2.72. The molecule has 0 aliphatic rings. The van der Waals surface area contributed by atoms with E-state index in [-0.39, 0.29) is 18.0 Å². The van der Waals surface area contributed by atoms with Gasteiger partial charge >= 0.3 is 0 Å². The van der Waals surface area contributed by atoms with Crippen molar-refractivity contribution in [2.45, 2.75) is 18.4 Å². The number of hydrogen-bond donors (Lipinski definition) is 1. The normalized spacial score (nSPS) is 11.0. The fourth-order valence-corrected chi connectivity index (χ4v) is 4.20. The van der Waals surface area contributed by atoms with Crippen molar-refractivity contribution in [1.82, 2.24) is 10.3 Å². The van der Waals surface area contributed by atoms with Crippen molar-refractivity contribution in [3.63, 3.8) is 0 Å². The van der Waals surface area contributed by atoms with Crippen molar-refractivity contribution in [2.75, 3.05) is 18.0 Å². The second kappa shape index (κ2) is 9.41. The summed E-state index contributed by atoms with van der Waals surface area (Å²) in [6, 6.07) is 18.4. The molecule has 7 nitrogen and oxygen atoms in total. The van der Waals surface area contributed by atoms with Crippen molar-refractivity contribution >= 4 is 21.6 Å². The molecule has 0 bridgehead atoms. The van der Waals surface area contributed by atoms with Crippen LogP contribution in [0.25, 0.3) is 0 Å². The Morgan fingerprint density at radius 2 is 1.73 bits per heavy atom. The fourth-order valence-electron chi connectivity index (χ4n) is 2.78. The van der Waals surface area contributed by atoms with Crippen LogP contribution in [0.1, 0.15) is 11.3 Å². The van der Waals surface area contributed by atoms with Crippen LogP contribution in [-0.2, 0) is 21.4 Å². The lowest BCUT2D eigenvalue weighted by molar-refractivity contribution is -0.119. The van der Waals surface area contributed by atoms with Crippen LogP contribution in [0.4, 0.5) is 5.69 Å². The molecule has 3 aromatic rings. The van der Waals surface area contributed by atoms with Gasteiger partial charge in [-0.05, 0) is 55.5 Å². The number of anilines is 1. The number of carbonyl (C=O) groups is 1. The third-order valence-electron chi connectivity index (χ3n) is 4.45. The fraction of sp³-hybridized carbons (Fsp3) is 0.182. The molecule has 156 valence electrons. The molecule has 1 N–H and O–H groups in total. The van der Waals surface area contributed by atoms with E-state index in [4.69, 9.17) is 4.74 Å². The van der Waals surface area contributed by atoms with E-state index in [2.05, 4.69) is 10.3 Å². The first-order chi connectivity index (χ1) is 14.4. The molecule has 3 rings (SSSR count). The zero-order valence-electron chi connectivity index (χ0n) is 16.8. The van der Waals surface area contributed by atoms with Crippen molar-refractivity contribution < 1.29 is 17.9 Å². The molecule has 2 aromatic carbocycles. The molecule has 0 saturated carbocycles. The average Bonchev–Trinajstić information content (AvgIpc) is 2.77. The summed E-state index contributed by atoms with van der Waals surface area (Å²) in [7, 11) is -2.46. The molecule has 0 spiro atoms. The van der Waals surface area contributed by atoms with Gasteiger partial charge in [0.25, 0.3) is 10.0 Å². The highest BCUT2D eigenvalue weighted by Gasteiger charge is 2.27. The molecule has 1 aromatic heterocycles. The van der Waals surface area contributed by atoms with E-state index in [9.17, 15) is 13.2 Å². The van der Waals surface area contributed by atoms with E-state index < -0.39 is 15.9 Å². The smallest absolute Gasteiger partial charge is 0.264 e. The number of sulfonamides is 1. The Hall–Kier alpha value is -3.39. The first-order valence-electron chi connectivity index (χ1n) is 9.30. The van der Waals surface area contributed by atoms with E-state index in [1.807, 2.05) is 13.0 Å². The quantitative estimate of drug-likeness (QED) is 0.600. The molecular formula is C22H23N3O4S. The van der Waals surface area contributed by atoms with Gasteiger partial charge in [0.2, 0.25) is 5.91 Å². The zero-order chi connectivity index (χ0) is 21.6. The maximum absolute atomic E-state index is 13.3. The van der Waals surface area contributed by atoms with E-state index >= 15 is 0 Å². The predicted molar refractivity (Wildman–Crippen MR) is 115 cm³/mol. The van der Waals surface area contributed by atoms with Crippen LogP contribution in [-0.4, -0.2) is 33.0 Å². The average molecular weight is 426 g/mol. The number of methoxy groups -OCH3 is 1. The summed E-state index contributed by atoms with van der Waals surface area (Å²) in [5.41, 5.74) is 2.08. The number of ether oxygens (including phenoxy) is 1. The Morgan fingerprint density at radius 1 is 1.03 bits per heavy atom. The molecule has 1 amide bonds. The number of amides is 1. The van der Waals surface area contributed by atoms with Crippen molar-refractivity contribution in [2.24, 2.45) is 0 Å². The molecule has 0 atom stereocenters. The minimum absolute atomic E-state index is 0.0707. The third kappa shape index (κ3) is 5.15. The van der Waals surface area contributed by atoms with Crippen LogP contribution in [0.3, 0.4) is 0 Å². The van der Waals surface area contributed by atoms with Gasteiger partial charge in [-0.25, -0.2) is 8.42 Å². The third-order valence-corrected chi connectivity index (χ3v) is 6.24. The monoisotopic (exact) mass is 425 g/mol. The Morgan fingerprint density at radius 3 is 2.33 bits per heavy atom. The highest BCUT2D eigenvalue weighted by Crippen LogP contribution is 2.25. The number of pyridine rings is 1. The molecule has 0 unspecified atom stereocenters. The number of carbonyl (C=O) groups excluding carboxylic acids is 1. The largest absolute Gasteiger partial charge is 0.497 e. The van der Waals surface area contributed by atoms with Gasteiger partial charge in [0.05, 0.1) is 29.9 Å². The topological polar surface area (TPSA) is 88.6 Å². The van der Waals surface area contributed by atoms with Crippen LogP contribution in [0.5, 0.6) is 5.75 Å². The van der Waals surface area contributed by atoms with Crippen LogP contribution >= 0.6 is 0 Å². The molecule has 0 aliphatic heterocycles. The Labute approximate surface area is 176 Å². The molecule has 0 aliphatic carbocycles. The van der Waals surface area contributed by atoms with Gasteiger partial charge in [-0.15, -0.1) is 0 Å². The lowest BCUT2D eigenvalue weighted by atomic mass is 10.2. The number of hydrogen-bond acceptors (Lipinski definition) is 5. The summed E-state index contributed by atoms with van der Waals surface area (Å²) >= 11 is 0. The summed E-state index contributed by atoms with van der Waals surface area (Å²) < 4.78 is 32.8. The zero-order valence-corrected chi connectivity index (χ0v) is 17.6. The van der Waals surface area contributed by atoms with Crippen LogP contribution < -0.4 is 14.4 Å². The number of nitrogens with zero attached hydrogens (tertiary/aromatic N) is 2. The minimum Gasteiger partial charge on any atom is -0.497 e. The summed E-state index contributed by atoms with van der Waals surface area (Å²) in [4.78, 5) is 16.8. The molecule has 0 fully saturated rings. The standard InChI is InChI=1S/C22H23N3O4S/c1-17-6-8-19(9-7-17)25(16-22(26)24-15-18-5-3-4-14-23-18)30(27,28)21-12-10-20(29-2)11-13-21/h3-14H,15-16H2,1-2H3,(H,24,26). The second-order valence-corrected chi connectivity index (χ2v) is 8.48. The van der Waals surface area contributed by atoms with Crippen molar-refractivity contribution in [1.29, 1.82) is 0 Å². The van der Waals surface area contributed by atoms with Gasteiger partial charge in [0, 0.05) is 6.20 Å². The minimum atomic E-state index is -3.97.